The Hall–Kier alpha value is -3.74. The van der Waals surface area contributed by atoms with Crippen LogP contribution < -0.4 is 10.2 Å². The molecule has 7 heteroatoms. The van der Waals surface area contributed by atoms with E-state index in [4.69, 9.17) is 9.15 Å². The number of allylic oxidation sites excluding steroid dienone is 5. The van der Waals surface area contributed by atoms with Crippen LogP contribution in [0.4, 0.5) is 0 Å². The Labute approximate surface area is 203 Å². The van der Waals surface area contributed by atoms with Crippen LogP contribution in [-0.2, 0) is 10.2 Å². The van der Waals surface area contributed by atoms with Gasteiger partial charge in [0.25, 0.3) is 0 Å². The van der Waals surface area contributed by atoms with Gasteiger partial charge >= 0.3 is 0 Å². The van der Waals surface area contributed by atoms with Crippen molar-refractivity contribution in [3.63, 3.8) is 0 Å². The number of hydrogen-bond donors (Lipinski definition) is 3. The predicted octanol–water partition coefficient (Wildman–Crippen LogP) is 6.00. The highest BCUT2D eigenvalue weighted by atomic mass is 16.5. The minimum atomic E-state index is -1.52. The van der Waals surface area contributed by atoms with Gasteiger partial charge in [-0.2, -0.15) is 0 Å². The fourth-order valence-electron chi connectivity index (χ4n) is 4.57. The van der Waals surface area contributed by atoms with E-state index in [1.165, 1.54) is 6.07 Å². The summed E-state index contributed by atoms with van der Waals surface area (Å²) in [6, 6.07) is 1.36. The number of aromatic hydroxyl groups is 1. The summed E-state index contributed by atoms with van der Waals surface area (Å²) < 4.78 is 12.0. The molecule has 2 aromatic rings. The van der Waals surface area contributed by atoms with Crippen molar-refractivity contribution in [3.05, 3.63) is 68.3 Å². The van der Waals surface area contributed by atoms with E-state index in [2.05, 4.69) is 0 Å². The SMILES string of the molecule is CC(C)=CCC1(CC=C(C)C)C(=O)C(O)=C(O)c2oc3c4c(cc(O)c3c(=O)c21)OC(C)(C)C=C4. The first-order valence-electron chi connectivity index (χ1n) is 11.5. The van der Waals surface area contributed by atoms with E-state index in [0.717, 1.165) is 11.1 Å². The molecule has 0 amide bonds. The average Bonchev–Trinajstić information content (AvgIpc) is 2.76. The molecule has 184 valence electrons. The van der Waals surface area contributed by atoms with Gasteiger partial charge < -0.3 is 24.5 Å². The molecule has 1 aliphatic carbocycles. The Morgan fingerprint density at radius 1 is 0.971 bits per heavy atom. The number of fused-ring (bicyclic) bond motifs is 4. The van der Waals surface area contributed by atoms with Crippen LogP contribution >= 0.6 is 0 Å². The Bertz CT molecular complexity index is 1420. The lowest BCUT2D eigenvalue weighted by atomic mass is 9.67. The monoisotopic (exact) mass is 478 g/mol. The standard InChI is InChI=1S/C28H30O7/c1-14(2)7-11-28(12-8-15(3)4)20-21(30)19-17(29)13-18-16(9-10-27(5,6)35-18)24(19)34-25(20)22(31)23(32)26(28)33/h7-10,13,29,31-32H,11-12H2,1-6H3. The summed E-state index contributed by atoms with van der Waals surface area (Å²) in [4.78, 5) is 27.5. The van der Waals surface area contributed by atoms with Crippen LogP contribution in [0.2, 0.25) is 0 Å². The van der Waals surface area contributed by atoms with Gasteiger partial charge in [-0.25, -0.2) is 0 Å². The second-order valence-corrected chi connectivity index (χ2v) is 10.3. The normalized spacial score (nSPS) is 17.5. The number of hydrogen-bond acceptors (Lipinski definition) is 7. The van der Waals surface area contributed by atoms with Crippen LogP contribution in [-0.4, -0.2) is 26.7 Å². The zero-order chi connectivity index (χ0) is 25.9. The molecule has 1 aromatic heterocycles. The molecule has 3 N–H and O–H groups in total. The third kappa shape index (κ3) is 3.85. The van der Waals surface area contributed by atoms with Gasteiger partial charge in [0.05, 0.1) is 16.5 Å². The highest BCUT2D eigenvalue weighted by Gasteiger charge is 2.50. The van der Waals surface area contributed by atoms with E-state index in [9.17, 15) is 24.9 Å². The molecule has 0 radical (unpaired) electrons. The van der Waals surface area contributed by atoms with E-state index in [-0.39, 0.29) is 40.9 Å². The van der Waals surface area contributed by atoms with Gasteiger partial charge in [-0.15, -0.1) is 0 Å². The number of Topliss-reactive ketones (excluding diaryl/α,β-unsaturated/α-hetero) is 1. The fraction of sp³-hybridized carbons (Fsp3) is 0.357. The first-order valence-corrected chi connectivity index (χ1v) is 11.5. The number of aliphatic hydroxyl groups excluding tert-OH is 2. The summed E-state index contributed by atoms with van der Waals surface area (Å²) in [6.07, 6.45) is 7.33. The summed E-state index contributed by atoms with van der Waals surface area (Å²) >= 11 is 0. The third-order valence-electron chi connectivity index (χ3n) is 6.46. The first kappa shape index (κ1) is 24.4. The lowest BCUT2D eigenvalue weighted by molar-refractivity contribution is -0.123. The molecule has 2 heterocycles. The molecule has 0 saturated heterocycles. The molecule has 4 rings (SSSR count). The molecular weight excluding hydrogens is 448 g/mol. The van der Waals surface area contributed by atoms with Crippen molar-refractivity contribution in [2.24, 2.45) is 0 Å². The number of phenols is 1. The molecule has 35 heavy (non-hydrogen) atoms. The molecule has 0 saturated carbocycles. The Morgan fingerprint density at radius 2 is 1.57 bits per heavy atom. The maximum absolute atomic E-state index is 14.0. The van der Waals surface area contributed by atoms with Crippen molar-refractivity contribution in [2.45, 2.75) is 65.4 Å². The maximum atomic E-state index is 14.0. The van der Waals surface area contributed by atoms with Crippen LogP contribution in [0.1, 0.15) is 71.3 Å². The number of ketones is 1. The smallest absolute Gasteiger partial charge is 0.212 e. The highest BCUT2D eigenvalue weighted by molar-refractivity contribution is 6.10. The van der Waals surface area contributed by atoms with Gasteiger partial charge in [0, 0.05) is 6.07 Å². The van der Waals surface area contributed by atoms with E-state index >= 15 is 0 Å². The number of rotatable bonds is 4. The lowest BCUT2D eigenvalue weighted by Gasteiger charge is -2.35. The molecule has 1 aromatic carbocycles. The average molecular weight is 479 g/mol. The first-order chi connectivity index (χ1) is 16.3. The molecule has 7 nitrogen and oxygen atoms in total. The molecule has 0 bridgehead atoms. The topological polar surface area (TPSA) is 117 Å². The Morgan fingerprint density at radius 3 is 2.14 bits per heavy atom. The zero-order valence-corrected chi connectivity index (χ0v) is 20.8. The predicted molar refractivity (Wildman–Crippen MR) is 135 cm³/mol. The molecule has 0 spiro atoms. The molecule has 0 fully saturated rings. The molecule has 0 atom stereocenters. The van der Waals surface area contributed by atoms with Crippen molar-refractivity contribution in [1.29, 1.82) is 0 Å². The summed E-state index contributed by atoms with van der Waals surface area (Å²) in [6.45, 7) is 11.1. The van der Waals surface area contributed by atoms with Crippen molar-refractivity contribution >= 4 is 28.6 Å². The van der Waals surface area contributed by atoms with E-state index in [1.807, 2.05) is 53.7 Å². The summed E-state index contributed by atoms with van der Waals surface area (Å²) in [5.74, 6) is -2.75. The number of ether oxygens (including phenoxy) is 1. The maximum Gasteiger partial charge on any atom is 0.212 e. The van der Waals surface area contributed by atoms with Crippen LogP contribution in [0.5, 0.6) is 11.5 Å². The molecule has 2 aliphatic rings. The number of carbonyl (C=O) groups is 1. The van der Waals surface area contributed by atoms with Gasteiger partial charge in [0.15, 0.2) is 11.3 Å². The number of carbonyl (C=O) groups excluding carboxylic acids is 1. The van der Waals surface area contributed by atoms with E-state index in [1.54, 1.807) is 12.2 Å². The quantitative estimate of drug-likeness (QED) is 0.461. The largest absolute Gasteiger partial charge is 0.507 e. The van der Waals surface area contributed by atoms with Crippen LogP contribution in [0, 0.1) is 0 Å². The summed E-state index contributed by atoms with van der Waals surface area (Å²) in [5.41, 5.74) is -0.637. The van der Waals surface area contributed by atoms with Crippen LogP contribution in [0.3, 0.4) is 0 Å². The number of phenolic OH excluding ortho intramolecular Hbond substituents is 1. The number of benzene rings is 1. The summed E-state index contributed by atoms with van der Waals surface area (Å²) in [7, 11) is 0. The van der Waals surface area contributed by atoms with E-state index in [0.29, 0.717) is 11.3 Å². The van der Waals surface area contributed by atoms with Gasteiger partial charge in [-0.05, 0) is 66.5 Å². The second-order valence-electron chi connectivity index (χ2n) is 10.3. The van der Waals surface area contributed by atoms with Crippen LogP contribution in [0.15, 0.2) is 50.4 Å². The van der Waals surface area contributed by atoms with Gasteiger partial charge in [0.1, 0.15) is 22.5 Å². The fourth-order valence-corrected chi connectivity index (χ4v) is 4.57. The molecule has 1 aliphatic heterocycles. The van der Waals surface area contributed by atoms with Crippen molar-refractivity contribution in [1.82, 2.24) is 0 Å². The van der Waals surface area contributed by atoms with Crippen LogP contribution in [0.25, 0.3) is 22.8 Å². The number of aliphatic hydroxyl groups is 2. The summed E-state index contributed by atoms with van der Waals surface area (Å²) in [5, 5.41) is 32.2. The lowest BCUT2D eigenvalue weighted by Crippen LogP contribution is -2.44. The minimum Gasteiger partial charge on any atom is -0.507 e. The van der Waals surface area contributed by atoms with Crippen molar-refractivity contribution in [2.75, 3.05) is 0 Å². The molecule has 0 unspecified atom stereocenters. The highest BCUT2D eigenvalue weighted by Crippen LogP contribution is 2.47. The zero-order valence-electron chi connectivity index (χ0n) is 20.8. The minimum absolute atomic E-state index is 0.00234. The van der Waals surface area contributed by atoms with Crippen molar-refractivity contribution < 1.29 is 29.3 Å². The molecular formula is C28H30O7. The van der Waals surface area contributed by atoms with E-state index < -0.39 is 33.7 Å². The third-order valence-corrected chi connectivity index (χ3v) is 6.46. The van der Waals surface area contributed by atoms with Gasteiger partial charge in [0.2, 0.25) is 22.7 Å². The Kier molecular flexibility index (Phi) is 5.70. The van der Waals surface area contributed by atoms with Gasteiger partial charge in [-0.1, -0.05) is 23.3 Å². The second kappa shape index (κ2) is 8.18. The van der Waals surface area contributed by atoms with Crippen molar-refractivity contribution in [3.8, 4) is 11.5 Å². The Balaban J connectivity index is 2.15. The van der Waals surface area contributed by atoms with Gasteiger partial charge in [-0.3, -0.25) is 9.59 Å².